The highest BCUT2D eigenvalue weighted by molar-refractivity contribution is 14.0. The molecule has 0 aromatic heterocycles. The van der Waals surface area contributed by atoms with Crippen LogP contribution >= 0.6 is 24.0 Å². The smallest absolute Gasteiger partial charge is 0.191 e. The lowest BCUT2D eigenvalue weighted by atomic mass is 10.2. The van der Waals surface area contributed by atoms with Crippen LogP contribution in [-0.2, 0) is 4.74 Å². The second-order valence-electron chi connectivity index (χ2n) is 5.29. The van der Waals surface area contributed by atoms with Crippen LogP contribution in [0.4, 0.5) is 4.39 Å². The van der Waals surface area contributed by atoms with Crippen molar-refractivity contribution in [1.82, 2.24) is 10.6 Å². The summed E-state index contributed by atoms with van der Waals surface area (Å²) in [5.41, 5.74) is 0. The largest absolute Gasteiger partial charge is 0.486 e. The van der Waals surface area contributed by atoms with Gasteiger partial charge in [0.05, 0.1) is 6.54 Å². The van der Waals surface area contributed by atoms with Gasteiger partial charge in [0.25, 0.3) is 0 Å². The summed E-state index contributed by atoms with van der Waals surface area (Å²) in [5, 5.41) is 6.42. The molecule has 0 fully saturated rings. The molecule has 5 nitrogen and oxygen atoms in total. The number of ether oxygens (including phenoxy) is 2. The Morgan fingerprint density at radius 3 is 2.62 bits per heavy atom. The lowest BCUT2D eigenvalue weighted by molar-refractivity contribution is 0.192. The summed E-state index contributed by atoms with van der Waals surface area (Å²) in [7, 11) is 3.44. The standard InChI is InChI=1S/C17H28FN3O2.HI/c1-14(23-16-10-6-5-9-15(16)18)13-21-17(19-2)20-11-7-4-8-12-22-3;/h5-6,9-10,14H,4,7-8,11-13H2,1-3H3,(H2,19,20,21);1H. The fraction of sp³-hybridized carbons (Fsp3) is 0.588. The minimum atomic E-state index is -0.349. The van der Waals surface area contributed by atoms with E-state index >= 15 is 0 Å². The topological polar surface area (TPSA) is 54.9 Å². The molecule has 0 saturated heterocycles. The number of para-hydroxylation sites is 1. The Morgan fingerprint density at radius 1 is 1.21 bits per heavy atom. The third-order valence-electron chi connectivity index (χ3n) is 3.26. The van der Waals surface area contributed by atoms with Gasteiger partial charge in [-0.3, -0.25) is 4.99 Å². The van der Waals surface area contributed by atoms with Gasteiger partial charge in [-0.15, -0.1) is 24.0 Å². The van der Waals surface area contributed by atoms with Crippen LogP contribution in [0.5, 0.6) is 5.75 Å². The van der Waals surface area contributed by atoms with Crippen LogP contribution in [-0.4, -0.2) is 45.9 Å². The summed E-state index contributed by atoms with van der Waals surface area (Å²) in [6, 6.07) is 6.41. The number of aliphatic imine (C=N–C) groups is 1. The minimum Gasteiger partial charge on any atom is -0.486 e. The summed E-state index contributed by atoms with van der Waals surface area (Å²) in [6.45, 7) is 4.08. The van der Waals surface area contributed by atoms with E-state index in [9.17, 15) is 4.39 Å². The second-order valence-corrected chi connectivity index (χ2v) is 5.29. The van der Waals surface area contributed by atoms with Gasteiger partial charge >= 0.3 is 0 Å². The first kappa shape index (κ1) is 22.9. The number of methoxy groups -OCH3 is 1. The number of rotatable bonds is 10. The Morgan fingerprint density at radius 2 is 1.96 bits per heavy atom. The van der Waals surface area contributed by atoms with E-state index in [0.717, 1.165) is 38.4 Å². The SMILES string of the molecule is CN=C(NCCCCCOC)NCC(C)Oc1ccccc1F.I. The molecular weight excluding hydrogens is 424 g/mol. The van der Waals surface area contributed by atoms with Gasteiger partial charge < -0.3 is 20.1 Å². The minimum absolute atomic E-state index is 0. The van der Waals surface area contributed by atoms with Crippen molar-refractivity contribution in [2.24, 2.45) is 4.99 Å². The molecule has 24 heavy (non-hydrogen) atoms. The van der Waals surface area contributed by atoms with Crippen LogP contribution in [0.1, 0.15) is 26.2 Å². The van der Waals surface area contributed by atoms with Crippen molar-refractivity contribution in [2.45, 2.75) is 32.3 Å². The van der Waals surface area contributed by atoms with E-state index in [1.807, 2.05) is 6.92 Å². The van der Waals surface area contributed by atoms with Gasteiger partial charge in [-0.2, -0.15) is 0 Å². The Kier molecular flexibility index (Phi) is 13.6. The van der Waals surface area contributed by atoms with Crippen LogP contribution in [0.15, 0.2) is 29.3 Å². The molecule has 0 aliphatic carbocycles. The van der Waals surface area contributed by atoms with Gasteiger partial charge in [-0.05, 0) is 38.3 Å². The molecule has 0 saturated carbocycles. The van der Waals surface area contributed by atoms with E-state index in [-0.39, 0.29) is 41.6 Å². The fourth-order valence-electron chi connectivity index (χ4n) is 2.01. The Balaban J connectivity index is 0.00000529. The normalized spacial score (nSPS) is 12.2. The number of guanidine groups is 1. The van der Waals surface area contributed by atoms with Gasteiger partial charge in [0, 0.05) is 27.3 Å². The third-order valence-corrected chi connectivity index (χ3v) is 3.26. The summed E-state index contributed by atoms with van der Waals surface area (Å²) < 4.78 is 24.1. The van der Waals surface area contributed by atoms with Crippen molar-refractivity contribution in [3.63, 3.8) is 0 Å². The van der Waals surface area contributed by atoms with Crippen molar-refractivity contribution in [3.8, 4) is 5.75 Å². The van der Waals surface area contributed by atoms with E-state index in [1.54, 1.807) is 32.4 Å². The first-order chi connectivity index (χ1) is 11.2. The van der Waals surface area contributed by atoms with Crippen LogP contribution in [0.25, 0.3) is 0 Å². The van der Waals surface area contributed by atoms with Gasteiger partial charge in [0.1, 0.15) is 6.10 Å². The lowest BCUT2D eigenvalue weighted by Crippen LogP contribution is -2.42. The highest BCUT2D eigenvalue weighted by Gasteiger charge is 2.08. The molecule has 0 amide bonds. The molecule has 0 radical (unpaired) electrons. The number of benzene rings is 1. The molecule has 1 aromatic rings. The first-order valence-electron chi connectivity index (χ1n) is 8.02. The molecule has 1 rings (SSSR count). The zero-order chi connectivity index (χ0) is 16.9. The van der Waals surface area contributed by atoms with Crippen molar-refractivity contribution >= 4 is 29.9 Å². The van der Waals surface area contributed by atoms with Crippen LogP contribution in [0.3, 0.4) is 0 Å². The fourth-order valence-corrected chi connectivity index (χ4v) is 2.01. The van der Waals surface area contributed by atoms with Crippen molar-refractivity contribution in [2.75, 3.05) is 33.9 Å². The first-order valence-corrected chi connectivity index (χ1v) is 8.02. The maximum absolute atomic E-state index is 13.5. The van der Waals surface area contributed by atoms with Crippen molar-refractivity contribution in [1.29, 1.82) is 0 Å². The van der Waals surface area contributed by atoms with Crippen LogP contribution < -0.4 is 15.4 Å². The molecule has 0 heterocycles. The highest BCUT2D eigenvalue weighted by atomic mass is 127. The Labute approximate surface area is 161 Å². The number of nitrogens with zero attached hydrogens (tertiary/aromatic N) is 1. The highest BCUT2D eigenvalue weighted by Crippen LogP contribution is 2.16. The van der Waals surface area contributed by atoms with Gasteiger partial charge in [-0.25, -0.2) is 4.39 Å². The number of nitrogens with one attached hydrogen (secondary N) is 2. The Hall–Kier alpha value is -1.09. The van der Waals surface area contributed by atoms with E-state index in [2.05, 4.69) is 15.6 Å². The van der Waals surface area contributed by atoms with E-state index < -0.39 is 0 Å². The second kappa shape index (κ2) is 14.3. The molecular formula is C17H29FIN3O2. The zero-order valence-electron chi connectivity index (χ0n) is 14.7. The van der Waals surface area contributed by atoms with Crippen molar-refractivity contribution < 1.29 is 13.9 Å². The van der Waals surface area contributed by atoms with E-state index in [0.29, 0.717) is 6.54 Å². The molecule has 1 aromatic carbocycles. The van der Waals surface area contributed by atoms with E-state index in [4.69, 9.17) is 9.47 Å². The van der Waals surface area contributed by atoms with Gasteiger partial charge in [0.2, 0.25) is 0 Å². The average molecular weight is 453 g/mol. The summed E-state index contributed by atoms with van der Waals surface area (Å²) in [6.07, 6.45) is 3.07. The molecule has 0 aliphatic rings. The van der Waals surface area contributed by atoms with Crippen molar-refractivity contribution in [3.05, 3.63) is 30.1 Å². The summed E-state index contributed by atoms with van der Waals surface area (Å²) in [5.74, 6) is 0.640. The number of unbranched alkanes of at least 4 members (excludes halogenated alkanes) is 2. The van der Waals surface area contributed by atoms with Crippen LogP contribution in [0.2, 0.25) is 0 Å². The van der Waals surface area contributed by atoms with Gasteiger partial charge in [-0.1, -0.05) is 12.1 Å². The zero-order valence-corrected chi connectivity index (χ0v) is 17.0. The molecule has 0 spiro atoms. The van der Waals surface area contributed by atoms with E-state index in [1.165, 1.54) is 6.07 Å². The molecule has 7 heteroatoms. The average Bonchev–Trinajstić information content (AvgIpc) is 2.55. The number of halogens is 2. The summed E-state index contributed by atoms with van der Waals surface area (Å²) in [4.78, 5) is 4.16. The van der Waals surface area contributed by atoms with Crippen LogP contribution in [0, 0.1) is 5.82 Å². The monoisotopic (exact) mass is 453 g/mol. The molecule has 1 atom stereocenters. The predicted octanol–water partition coefficient (Wildman–Crippen LogP) is 3.19. The molecule has 0 bridgehead atoms. The lowest BCUT2D eigenvalue weighted by Gasteiger charge is -2.18. The summed E-state index contributed by atoms with van der Waals surface area (Å²) >= 11 is 0. The quantitative estimate of drug-likeness (QED) is 0.247. The Bertz CT molecular complexity index is 475. The molecule has 0 aliphatic heterocycles. The molecule has 1 unspecified atom stereocenters. The number of hydrogen-bond acceptors (Lipinski definition) is 3. The number of hydrogen-bond donors (Lipinski definition) is 2. The maximum Gasteiger partial charge on any atom is 0.191 e. The predicted molar refractivity (Wildman–Crippen MR) is 107 cm³/mol. The molecule has 2 N–H and O–H groups in total. The third kappa shape index (κ3) is 9.92. The maximum atomic E-state index is 13.5. The van der Waals surface area contributed by atoms with Gasteiger partial charge in [0.15, 0.2) is 17.5 Å². The molecule has 138 valence electrons.